The largest absolute Gasteiger partial charge is 0.389 e. The van der Waals surface area contributed by atoms with Crippen LogP contribution < -0.4 is 0 Å². The molecule has 1 N–H and O–H groups in total. The number of nitrogens with zero attached hydrogens (tertiary/aromatic N) is 4. The maximum absolute atomic E-state index is 10.0. The highest BCUT2D eigenvalue weighted by Crippen LogP contribution is 2.19. The molecule has 2 saturated heterocycles. The molecule has 4 rings (SSSR count). The van der Waals surface area contributed by atoms with E-state index in [9.17, 15) is 5.11 Å². The van der Waals surface area contributed by atoms with Gasteiger partial charge in [-0.05, 0) is 41.5 Å². The summed E-state index contributed by atoms with van der Waals surface area (Å²) >= 11 is 0. The van der Waals surface area contributed by atoms with Crippen LogP contribution >= 0.6 is 0 Å². The number of benzene rings is 1. The van der Waals surface area contributed by atoms with Crippen molar-refractivity contribution in [2.45, 2.75) is 25.1 Å². The average Bonchev–Trinajstić information content (AvgIpc) is 3.14. The molecule has 23 heavy (non-hydrogen) atoms. The first-order valence-electron chi connectivity index (χ1n) is 8.23. The Morgan fingerprint density at radius 1 is 1.13 bits per heavy atom. The minimum Gasteiger partial charge on any atom is -0.389 e. The van der Waals surface area contributed by atoms with E-state index in [1.807, 2.05) is 12.1 Å². The number of ether oxygens (including phenoxy) is 1. The topological polar surface area (TPSA) is 74.9 Å². The molecule has 2 aliphatic heterocycles. The van der Waals surface area contributed by atoms with Crippen LogP contribution in [0.25, 0.3) is 11.0 Å². The van der Waals surface area contributed by atoms with Crippen molar-refractivity contribution in [3.63, 3.8) is 0 Å². The van der Waals surface area contributed by atoms with E-state index in [1.54, 1.807) is 0 Å². The molecule has 2 aliphatic rings. The monoisotopic (exact) mass is 318 g/mol. The van der Waals surface area contributed by atoms with Gasteiger partial charge in [-0.25, -0.2) is 4.63 Å². The van der Waals surface area contributed by atoms with Crippen molar-refractivity contribution >= 4 is 11.0 Å². The quantitative estimate of drug-likeness (QED) is 0.883. The van der Waals surface area contributed by atoms with E-state index in [-0.39, 0.29) is 12.1 Å². The fourth-order valence-corrected chi connectivity index (χ4v) is 3.59. The standard InChI is InChI=1S/C16H22N4O3/c21-15-11-22-10-14(15)20-6-2-5-19(7-8-20)9-12-3-1-4-13-16(12)18-23-17-13/h1,3-4,14-15,21H,2,5-11H2/t14-,15-/m0/s1. The second-order valence-electron chi connectivity index (χ2n) is 6.39. The van der Waals surface area contributed by atoms with Crippen LogP contribution in [0.5, 0.6) is 0 Å². The summed E-state index contributed by atoms with van der Waals surface area (Å²) in [5, 5.41) is 18.0. The van der Waals surface area contributed by atoms with Gasteiger partial charge < -0.3 is 9.84 Å². The number of hydrogen-bond donors (Lipinski definition) is 1. The van der Waals surface area contributed by atoms with Gasteiger partial charge in [0.25, 0.3) is 0 Å². The number of hydrogen-bond acceptors (Lipinski definition) is 7. The van der Waals surface area contributed by atoms with Gasteiger partial charge in [-0.3, -0.25) is 9.80 Å². The van der Waals surface area contributed by atoms with Crippen molar-refractivity contribution in [1.29, 1.82) is 0 Å². The first-order chi connectivity index (χ1) is 11.3. The lowest BCUT2D eigenvalue weighted by Gasteiger charge is -2.28. The maximum Gasteiger partial charge on any atom is 0.139 e. The predicted octanol–water partition coefficient (Wildman–Crippen LogP) is 0.490. The van der Waals surface area contributed by atoms with Gasteiger partial charge in [0.1, 0.15) is 11.0 Å². The van der Waals surface area contributed by atoms with E-state index < -0.39 is 0 Å². The average molecular weight is 318 g/mol. The maximum atomic E-state index is 10.0. The van der Waals surface area contributed by atoms with Crippen molar-refractivity contribution in [2.75, 3.05) is 39.4 Å². The van der Waals surface area contributed by atoms with Crippen molar-refractivity contribution in [1.82, 2.24) is 20.1 Å². The molecule has 7 heteroatoms. The van der Waals surface area contributed by atoms with Crippen molar-refractivity contribution in [3.8, 4) is 0 Å². The third-order valence-electron chi connectivity index (χ3n) is 4.88. The smallest absolute Gasteiger partial charge is 0.139 e. The van der Waals surface area contributed by atoms with Gasteiger partial charge in [-0.15, -0.1) is 0 Å². The summed E-state index contributed by atoms with van der Waals surface area (Å²) < 4.78 is 10.2. The predicted molar refractivity (Wildman–Crippen MR) is 83.9 cm³/mol. The summed E-state index contributed by atoms with van der Waals surface area (Å²) in [5.74, 6) is 0. The van der Waals surface area contributed by atoms with Gasteiger partial charge >= 0.3 is 0 Å². The third-order valence-corrected chi connectivity index (χ3v) is 4.88. The fourth-order valence-electron chi connectivity index (χ4n) is 3.59. The van der Waals surface area contributed by atoms with Crippen LogP contribution in [0.4, 0.5) is 0 Å². The lowest BCUT2D eigenvalue weighted by molar-refractivity contribution is 0.0837. The number of fused-ring (bicyclic) bond motifs is 1. The van der Waals surface area contributed by atoms with E-state index in [0.29, 0.717) is 13.2 Å². The van der Waals surface area contributed by atoms with Gasteiger partial charge in [0.15, 0.2) is 0 Å². The molecular formula is C16H22N4O3. The lowest BCUT2D eigenvalue weighted by Crippen LogP contribution is -2.44. The molecular weight excluding hydrogens is 296 g/mol. The summed E-state index contributed by atoms with van der Waals surface area (Å²) in [7, 11) is 0. The van der Waals surface area contributed by atoms with Crippen LogP contribution in [-0.2, 0) is 11.3 Å². The van der Waals surface area contributed by atoms with Gasteiger partial charge in [-0.1, -0.05) is 12.1 Å². The SMILES string of the molecule is O[C@H]1COC[C@@H]1N1CCCN(Cc2cccc3nonc23)CC1. The number of rotatable bonds is 3. The normalized spacial score (nSPS) is 27.5. The van der Waals surface area contributed by atoms with E-state index in [1.165, 1.54) is 0 Å². The lowest BCUT2D eigenvalue weighted by atomic mass is 10.1. The Balaban J connectivity index is 1.42. The van der Waals surface area contributed by atoms with Crippen LogP contribution in [0.15, 0.2) is 22.8 Å². The highest BCUT2D eigenvalue weighted by atomic mass is 16.6. The molecule has 0 unspecified atom stereocenters. The van der Waals surface area contributed by atoms with Crippen molar-refractivity contribution in [3.05, 3.63) is 23.8 Å². The Bertz CT molecular complexity index is 662. The van der Waals surface area contributed by atoms with Gasteiger partial charge in [0.05, 0.1) is 25.4 Å². The first-order valence-corrected chi connectivity index (χ1v) is 8.23. The van der Waals surface area contributed by atoms with Gasteiger partial charge in [0, 0.05) is 19.6 Å². The van der Waals surface area contributed by atoms with Gasteiger partial charge in [0.2, 0.25) is 0 Å². The Labute approximate surface area is 134 Å². The molecule has 0 amide bonds. The molecule has 2 atom stereocenters. The molecule has 3 heterocycles. The Morgan fingerprint density at radius 2 is 2.09 bits per heavy atom. The molecule has 0 aliphatic carbocycles. The molecule has 1 aromatic carbocycles. The van der Waals surface area contributed by atoms with E-state index in [0.717, 1.165) is 55.7 Å². The van der Waals surface area contributed by atoms with E-state index in [2.05, 4.69) is 26.2 Å². The van der Waals surface area contributed by atoms with Crippen molar-refractivity contribution < 1.29 is 14.5 Å². The van der Waals surface area contributed by atoms with Crippen LogP contribution in [0.3, 0.4) is 0 Å². The molecule has 0 bridgehead atoms. The Hall–Kier alpha value is -1.54. The number of aliphatic hydroxyl groups excluding tert-OH is 1. The summed E-state index contributed by atoms with van der Waals surface area (Å²) in [4.78, 5) is 4.81. The first kappa shape index (κ1) is 15.0. The fraction of sp³-hybridized carbons (Fsp3) is 0.625. The summed E-state index contributed by atoms with van der Waals surface area (Å²) in [6.45, 7) is 5.95. The van der Waals surface area contributed by atoms with E-state index in [4.69, 9.17) is 9.37 Å². The van der Waals surface area contributed by atoms with Crippen LogP contribution in [0.2, 0.25) is 0 Å². The Morgan fingerprint density at radius 3 is 2.96 bits per heavy atom. The molecule has 2 fully saturated rings. The van der Waals surface area contributed by atoms with Gasteiger partial charge in [-0.2, -0.15) is 0 Å². The summed E-state index contributed by atoms with van der Waals surface area (Å²) in [5.41, 5.74) is 2.82. The Kier molecular flexibility index (Phi) is 4.26. The second kappa shape index (κ2) is 6.52. The summed E-state index contributed by atoms with van der Waals surface area (Å²) in [6, 6.07) is 6.15. The van der Waals surface area contributed by atoms with E-state index >= 15 is 0 Å². The minimum atomic E-state index is -0.350. The number of aromatic nitrogens is 2. The highest BCUT2D eigenvalue weighted by molar-refractivity contribution is 5.76. The zero-order chi connectivity index (χ0) is 15.6. The second-order valence-corrected chi connectivity index (χ2v) is 6.39. The van der Waals surface area contributed by atoms with Crippen LogP contribution in [0, 0.1) is 0 Å². The zero-order valence-corrected chi connectivity index (χ0v) is 13.1. The molecule has 1 aromatic heterocycles. The minimum absolute atomic E-state index is 0.151. The molecule has 2 aromatic rings. The zero-order valence-electron chi connectivity index (χ0n) is 13.1. The molecule has 7 nitrogen and oxygen atoms in total. The number of aliphatic hydroxyl groups is 1. The molecule has 0 saturated carbocycles. The molecule has 0 radical (unpaired) electrons. The van der Waals surface area contributed by atoms with Crippen molar-refractivity contribution in [2.24, 2.45) is 0 Å². The molecule has 0 spiro atoms. The summed E-state index contributed by atoms with van der Waals surface area (Å²) in [6.07, 6.45) is 0.743. The van der Waals surface area contributed by atoms with Crippen LogP contribution in [-0.4, -0.2) is 76.8 Å². The van der Waals surface area contributed by atoms with Crippen LogP contribution in [0.1, 0.15) is 12.0 Å². The molecule has 124 valence electrons. The third kappa shape index (κ3) is 3.10. The highest BCUT2D eigenvalue weighted by Gasteiger charge is 2.32.